The molecule has 2 amide bonds. The van der Waals surface area contributed by atoms with Crippen LogP contribution < -0.4 is 10.2 Å². The van der Waals surface area contributed by atoms with Crippen LogP contribution in [0.3, 0.4) is 0 Å². The van der Waals surface area contributed by atoms with Crippen molar-refractivity contribution >= 4 is 11.7 Å². The zero-order valence-electron chi connectivity index (χ0n) is 13.1. The summed E-state index contributed by atoms with van der Waals surface area (Å²) in [5.41, 5.74) is 2.25. The molecule has 1 aliphatic carbocycles. The summed E-state index contributed by atoms with van der Waals surface area (Å²) < 4.78 is 0. The molecule has 2 aromatic rings. The van der Waals surface area contributed by atoms with Crippen molar-refractivity contribution in [3.63, 3.8) is 0 Å². The van der Waals surface area contributed by atoms with Gasteiger partial charge in [0.2, 0.25) is 0 Å². The highest BCUT2D eigenvalue weighted by molar-refractivity contribution is 5.92. The van der Waals surface area contributed by atoms with Gasteiger partial charge in [-0.25, -0.2) is 4.79 Å². The molecule has 0 aromatic heterocycles. The van der Waals surface area contributed by atoms with Crippen LogP contribution in [0, 0.1) is 0 Å². The summed E-state index contributed by atoms with van der Waals surface area (Å²) in [6.07, 6.45) is 1.02. The van der Waals surface area contributed by atoms with Gasteiger partial charge in [-0.3, -0.25) is 4.90 Å². The van der Waals surface area contributed by atoms with Gasteiger partial charge in [-0.1, -0.05) is 48.5 Å². The van der Waals surface area contributed by atoms with Crippen LogP contribution in [0.5, 0.6) is 0 Å². The number of hydrogen-bond acceptors (Lipinski definition) is 1. The van der Waals surface area contributed by atoms with E-state index in [-0.39, 0.29) is 18.1 Å². The molecule has 2 atom stereocenters. The molecule has 1 aliphatic rings. The SMILES string of the molecule is CC(C)N(C(=O)NC1CC1c1ccccc1)c1ccccc1. The largest absolute Gasteiger partial charge is 0.334 e. The van der Waals surface area contributed by atoms with Gasteiger partial charge in [-0.15, -0.1) is 0 Å². The molecule has 0 heterocycles. The lowest BCUT2D eigenvalue weighted by atomic mass is 10.1. The number of para-hydroxylation sites is 1. The third-order valence-electron chi connectivity index (χ3n) is 4.10. The van der Waals surface area contributed by atoms with Gasteiger partial charge in [0.1, 0.15) is 0 Å². The first-order valence-corrected chi connectivity index (χ1v) is 7.86. The van der Waals surface area contributed by atoms with E-state index in [1.54, 1.807) is 0 Å². The van der Waals surface area contributed by atoms with E-state index in [1.807, 2.05) is 55.1 Å². The van der Waals surface area contributed by atoms with Crippen LogP contribution in [0.1, 0.15) is 31.7 Å². The average Bonchev–Trinajstić information content (AvgIpc) is 3.28. The zero-order valence-corrected chi connectivity index (χ0v) is 13.1. The van der Waals surface area contributed by atoms with E-state index in [0.29, 0.717) is 5.92 Å². The molecule has 114 valence electrons. The molecule has 1 fully saturated rings. The van der Waals surface area contributed by atoms with Crippen molar-refractivity contribution in [2.24, 2.45) is 0 Å². The van der Waals surface area contributed by atoms with Crippen LogP contribution in [-0.4, -0.2) is 18.1 Å². The number of hydrogen-bond donors (Lipinski definition) is 1. The highest BCUT2D eigenvalue weighted by atomic mass is 16.2. The molecule has 3 heteroatoms. The van der Waals surface area contributed by atoms with Crippen LogP contribution in [-0.2, 0) is 0 Å². The molecule has 0 saturated heterocycles. The van der Waals surface area contributed by atoms with Crippen molar-refractivity contribution in [1.82, 2.24) is 5.32 Å². The Labute approximate surface area is 132 Å². The Morgan fingerprint density at radius 1 is 1.05 bits per heavy atom. The summed E-state index contributed by atoms with van der Waals surface area (Å²) in [7, 11) is 0. The van der Waals surface area contributed by atoms with Gasteiger partial charge < -0.3 is 5.32 Å². The first kappa shape index (κ1) is 14.6. The first-order chi connectivity index (χ1) is 10.7. The van der Waals surface area contributed by atoms with E-state index in [4.69, 9.17) is 0 Å². The normalized spacial score (nSPS) is 19.8. The third kappa shape index (κ3) is 3.14. The number of benzene rings is 2. The van der Waals surface area contributed by atoms with Crippen LogP contribution in [0.2, 0.25) is 0 Å². The summed E-state index contributed by atoms with van der Waals surface area (Å²) in [4.78, 5) is 14.4. The fourth-order valence-electron chi connectivity index (χ4n) is 2.89. The molecular weight excluding hydrogens is 272 g/mol. The van der Waals surface area contributed by atoms with Gasteiger partial charge in [0.15, 0.2) is 0 Å². The minimum atomic E-state index is -0.00960. The maximum absolute atomic E-state index is 12.6. The second-order valence-corrected chi connectivity index (χ2v) is 6.11. The molecule has 1 N–H and O–H groups in total. The first-order valence-electron chi connectivity index (χ1n) is 7.86. The number of amides is 2. The topological polar surface area (TPSA) is 32.3 Å². The molecule has 0 spiro atoms. The Kier molecular flexibility index (Phi) is 4.14. The molecule has 3 nitrogen and oxygen atoms in total. The second kappa shape index (κ2) is 6.22. The second-order valence-electron chi connectivity index (χ2n) is 6.11. The monoisotopic (exact) mass is 294 g/mol. The Morgan fingerprint density at radius 2 is 1.64 bits per heavy atom. The van der Waals surface area contributed by atoms with Crippen molar-refractivity contribution in [3.05, 3.63) is 66.2 Å². The van der Waals surface area contributed by atoms with Crippen molar-refractivity contribution in [2.75, 3.05) is 4.90 Å². The molecule has 0 radical (unpaired) electrons. The van der Waals surface area contributed by atoms with Gasteiger partial charge in [0.25, 0.3) is 0 Å². The number of urea groups is 1. The maximum atomic E-state index is 12.6. The minimum absolute atomic E-state index is 0.00960. The highest BCUT2D eigenvalue weighted by Crippen LogP contribution is 2.40. The molecule has 22 heavy (non-hydrogen) atoms. The summed E-state index contributed by atoms with van der Waals surface area (Å²) in [6.45, 7) is 4.07. The van der Waals surface area contributed by atoms with Crippen molar-refractivity contribution in [2.45, 2.75) is 38.3 Å². The van der Waals surface area contributed by atoms with Gasteiger partial charge in [-0.2, -0.15) is 0 Å². The zero-order chi connectivity index (χ0) is 15.5. The molecule has 3 rings (SSSR count). The van der Waals surface area contributed by atoms with E-state index in [0.717, 1.165) is 12.1 Å². The maximum Gasteiger partial charge on any atom is 0.322 e. The molecule has 2 unspecified atom stereocenters. The van der Waals surface area contributed by atoms with Crippen molar-refractivity contribution < 1.29 is 4.79 Å². The lowest BCUT2D eigenvalue weighted by Crippen LogP contribution is -2.45. The molecule has 0 bridgehead atoms. The molecule has 1 saturated carbocycles. The summed E-state index contributed by atoms with van der Waals surface area (Å²) >= 11 is 0. The molecule has 0 aliphatic heterocycles. The lowest BCUT2D eigenvalue weighted by Gasteiger charge is -2.27. The fraction of sp³-hybridized carbons (Fsp3) is 0.316. The predicted molar refractivity (Wildman–Crippen MR) is 90.2 cm³/mol. The molecular formula is C19H22N2O. The fourth-order valence-corrected chi connectivity index (χ4v) is 2.89. The number of anilines is 1. The van der Waals surface area contributed by atoms with Gasteiger partial charge in [0.05, 0.1) is 0 Å². The highest BCUT2D eigenvalue weighted by Gasteiger charge is 2.40. The Balaban J connectivity index is 1.66. The number of nitrogens with one attached hydrogen (secondary N) is 1. The van der Waals surface area contributed by atoms with E-state index < -0.39 is 0 Å². The standard InChI is InChI=1S/C19H22N2O/c1-14(2)21(16-11-7-4-8-12-16)19(22)20-18-13-17(18)15-9-5-3-6-10-15/h3-12,14,17-18H,13H2,1-2H3,(H,20,22). The van der Waals surface area contributed by atoms with E-state index >= 15 is 0 Å². The summed E-state index contributed by atoms with van der Waals surface area (Å²) in [5.74, 6) is 0.454. The Morgan fingerprint density at radius 3 is 2.23 bits per heavy atom. The van der Waals surface area contributed by atoms with Crippen LogP contribution in [0.25, 0.3) is 0 Å². The van der Waals surface area contributed by atoms with Crippen LogP contribution >= 0.6 is 0 Å². The smallest absolute Gasteiger partial charge is 0.322 e. The van der Waals surface area contributed by atoms with Crippen molar-refractivity contribution in [1.29, 1.82) is 0 Å². The average molecular weight is 294 g/mol. The van der Waals surface area contributed by atoms with E-state index in [9.17, 15) is 4.79 Å². The predicted octanol–water partition coefficient (Wildman–Crippen LogP) is 4.17. The third-order valence-corrected chi connectivity index (χ3v) is 4.10. The Bertz CT molecular complexity index is 624. The summed E-state index contributed by atoms with van der Waals surface area (Å²) in [5, 5.41) is 3.17. The Hall–Kier alpha value is -2.29. The number of nitrogens with zero attached hydrogens (tertiary/aromatic N) is 1. The van der Waals surface area contributed by atoms with Crippen LogP contribution in [0.4, 0.5) is 10.5 Å². The quantitative estimate of drug-likeness (QED) is 0.902. The number of carbonyl (C=O) groups excluding carboxylic acids is 1. The minimum Gasteiger partial charge on any atom is -0.334 e. The van der Waals surface area contributed by atoms with Gasteiger partial charge in [0, 0.05) is 23.7 Å². The number of rotatable bonds is 4. The van der Waals surface area contributed by atoms with Crippen LogP contribution in [0.15, 0.2) is 60.7 Å². The van der Waals surface area contributed by atoms with E-state index in [2.05, 4.69) is 29.6 Å². The number of carbonyl (C=O) groups is 1. The van der Waals surface area contributed by atoms with Gasteiger partial charge >= 0.3 is 6.03 Å². The van der Waals surface area contributed by atoms with E-state index in [1.165, 1.54) is 5.56 Å². The van der Waals surface area contributed by atoms with Gasteiger partial charge in [-0.05, 0) is 38.0 Å². The van der Waals surface area contributed by atoms with Crippen molar-refractivity contribution in [3.8, 4) is 0 Å². The molecule has 2 aromatic carbocycles. The summed E-state index contributed by atoms with van der Waals surface area (Å²) in [6, 6.07) is 20.6. The lowest BCUT2D eigenvalue weighted by molar-refractivity contribution is 0.244.